The molecule has 0 saturated carbocycles. The summed E-state index contributed by atoms with van der Waals surface area (Å²) in [4.78, 5) is 39.3. The Bertz CT molecular complexity index is 1320. The molecular weight excluding hydrogens is 471 g/mol. The Morgan fingerprint density at radius 1 is 1.19 bits per heavy atom. The van der Waals surface area contributed by atoms with E-state index in [1.54, 1.807) is 36.7 Å². The number of amides is 3. The van der Waals surface area contributed by atoms with E-state index in [1.165, 1.54) is 9.58 Å². The standard InChI is InChI=1S/C23H25FN8O4/c24-14-6-18(23(36)29-16-8-26-9-19(16)33)31(10-14)20(34)11-32-17-2-1-12(13-3-4-27-28-7-13)5-15(17)21(30-32)22(25)35/h1-5,7,14,16,18-19,26,33H,6,8-11H2,(H2,25,35)(H,29,36). The maximum atomic E-state index is 14.3. The van der Waals surface area contributed by atoms with Crippen LogP contribution in [0.3, 0.4) is 0 Å². The Hall–Kier alpha value is -3.97. The number of carbonyl (C=O) groups excluding carboxylic acids is 3. The number of aliphatic hydroxyl groups excluding tert-OH is 1. The third kappa shape index (κ3) is 4.50. The predicted octanol–water partition coefficient (Wildman–Crippen LogP) is -1.02. The number of nitrogens with two attached hydrogens (primary N) is 1. The maximum Gasteiger partial charge on any atom is 0.269 e. The molecule has 36 heavy (non-hydrogen) atoms. The number of hydrogen-bond acceptors (Lipinski definition) is 8. The van der Waals surface area contributed by atoms with Gasteiger partial charge in [-0.2, -0.15) is 15.3 Å². The number of likely N-dealkylation sites (tertiary alicyclic amines) is 1. The summed E-state index contributed by atoms with van der Waals surface area (Å²) >= 11 is 0. The molecule has 4 unspecified atom stereocenters. The quantitative estimate of drug-likeness (QED) is 0.336. The summed E-state index contributed by atoms with van der Waals surface area (Å²) in [5, 5.41) is 27.9. The van der Waals surface area contributed by atoms with Crippen molar-refractivity contribution in [1.82, 2.24) is 35.5 Å². The summed E-state index contributed by atoms with van der Waals surface area (Å²) in [7, 11) is 0. The second kappa shape index (κ2) is 9.59. The Balaban J connectivity index is 1.39. The lowest BCUT2D eigenvalue weighted by atomic mass is 10.0. The molecule has 0 bridgehead atoms. The average molecular weight is 497 g/mol. The summed E-state index contributed by atoms with van der Waals surface area (Å²) < 4.78 is 15.6. The Kier molecular flexibility index (Phi) is 6.33. The second-order valence-corrected chi connectivity index (χ2v) is 8.97. The molecule has 1 aromatic carbocycles. The van der Waals surface area contributed by atoms with Crippen molar-refractivity contribution in [2.45, 2.75) is 37.3 Å². The summed E-state index contributed by atoms with van der Waals surface area (Å²) in [6, 6.07) is 5.47. The minimum Gasteiger partial charge on any atom is -0.390 e. The topological polar surface area (TPSA) is 168 Å². The normalized spacial score (nSPS) is 23.8. The molecule has 188 valence electrons. The van der Waals surface area contributed by atoms with E-state index in [1.807, 2.05) is 0 Å². The van der Waals surface area contributed by atoms with Gasteiger partial charge in [-0.25, -0.2) is 4.39 Å². The summed E-state index contributed by atoms with van der Waals surface area (Å²) in [5.41, 5.74) is 7.55. The predicted molar refractivity (Wildman–Crippen MR) is 125 cm³/mol. The molecule has 0 aliphatic carbocycles. The molecule has 2 fully saturated rings. The van der Waals surface area contributed by atoms with Crippen LogP contribution in [0.2, 0.25) is 0 Å². The molecule has 3 aromatic rings. The highest BCUT2D eigenvalue weighted by Crippen LogP contribution is 2.27. The number of rotatable bonds is 6. The number of benzene rings is 1. The van der Waals surface area contributed by atoms with Gasteiger partial charge in [-0.05, 0) is 23.8 Å². The van der Waals surface area contributed by atoms with E-state index in [0.29, 0.717) is 24.0 Å². The number of hydrogen-bond donors (Lipinski definition) is 4. The highest BCUT2D eigenvalue weighted by molar-refractivity contribution is 6.05. The number of halogens is 1. The van der Waals surface area contributed by atoms with Gasteiger partial charge in [-0.3, -0.25) is 19.1 Å². The van der Waals surface area contributed by atoms with Gasteiger partial charge in [0.15, 0.2) is 5.69 Å². The molecule has 2 saturated heterocycles. The summed E-state index contributed by atoms with van der Waals surface area (Å²) in [6.07, 6.45) is 0.871. The fourth-order valence-corrected chi connectivity index (χ4v) is 4.74. The van der Waals surface area contributed by atoms with Gasteiger partial charge in [0.1, 0.15) is 18.8 Å². The molecule has 13 heteroatoms. The second-order valence-electron chi connectivity index (χ2n) is 8.97. The number of β-amino-alcohol motifs (C(OH)–C–C–N with tert-alkyl or cyclic N) is 1. The zero-order chi connectivity index (χ0) is 25.4. The zero-order valence-electron chi connectivity index (χ0n) is 19.2. The number of alkyl halides is 1. The number of carbonyl (C=O) groups is 3. The highest BCUT2D eigenvalue weighted by atomic mass is 19.1. The molecule has 12 nitrogen and oxygen atoms in total. The minimum atomic E-state index is -1.36. The van der Waals surface area contributed by atoms with Crippen LogP contribution in [0.4, 0.5) is 4.39 Å². The molecule has 4 heterocycles. The highest BCUT2D eigenvalue weighted by Gasteiger charge is 2.41. The molecule has 5 N–H and O–H groups in total. The van der Waals surface area contributed by atoms with Crippen LogP contribution in [0.5, 0.6) is 0 Å². The number of aromatic nitrogens is 4. The van der Waals surface area contributed by atoms with Crippen LogP contribution in [0.15, 0.2) is 36.7 Å². The summed E-state index contributed by atoms with van der Waals surface area (Å²) in [5.74, 6) is -1.81. The SMILES string of the molecule is NC(=O)c1nn(CC(=O)N2CC(F)CC2C(=O)NC2CNCC2O)c2ccc(-c3ccnnc3)cc12. The molecule has 3 amide bonds. The lowest BCUT2D eigenvalue weighted by molar-refractivity contribution is -0.139. The Morgan fingerprint density at radius 2 is 2.03 bits per heavy atom. The number of fused-ring (bicyclic) bond motifs is 1. The van der Waals surface area contributed by atoms with Crippen molar-refractivity contribution in [3.05, 3.63) is 42.4 Å². The third-order valence-electron chi connectivity index (χ3n) is 6.57. The van der Waals surface area contributed by atoms with Crippen LogP contribution in [0.1, 0.15) is 16.9 Å². The van der Waals surface area contributed by atoms with Crippen molar-refractivity contribution in [2.75, 3.05) is 19.6 Å². The number of nitrogens with one attached hydrogen (secondary N) is 2. The van der Waals surface area contributed by atoms with Crippen LogP contribution in [-0.4, -0.2) is 91.7 Å². The fourth-order valence-electron chi connectivity index (χ4n) is 4.74. The molecule has 2 aliphatic heterocycles. The smallest absolute Gasteiger partial charge is 0.269 e. The first kappa shape index (κ1) is 23.8. The minimum absolute atomic E-state index is 0.0107. The lowest BCUT2D eigenvalue weighted by Gasteiger charge is -2.25. The van der Waals surface area contributed by atoms with E-state index in [4.69, 9.17) is 5.73 Å². The largest absolute Gasteiger partial charge is 0.390 e. The fraction of sp³-hybridized carbons (Fsp3) is 0.391. The van der Waals surface area contributed by atoms with Gasteiger partial charge in [-0.1, -0.05) is 6.07 Å². The Morgan fingerprint density at radius 3 is 2.72 bits per heavy atom. The van der Waals surface area contributed by atoms with Crippen molar-refractivity contribution in [2.24, 2.45) is 5.73 Å². The van der Waals surface area contributed by atoms with Gasteiger partial charge >= 0.3 is 0 Å². The molecule has 5 rings (SSSR count). The van der Waals surface area contributed by atoms with Crippen LogP contribution in [-0.2, 0) is 16.1 Å². The van der Waals surface area contributed by atoms with Crippen molar-refractivity contribution >= 4 is 28.6 Å². The average Bonchev–Trinajstić information content (AvgIpc) is 3.56. The van der Waals surface area contributed by atoms with E-state index in [2.05, 4.69) is 25.9 Å². The van der Waals surface area contributed by atoms with Crippen LogP contribution < -0.4 is 16.4 Å². The first-order chi connectivity index (χ1) is 17.3. The van der Waals surface area contributed by atoms with Crippen LogP contribution in [0.25, 0.3) is 22.0 Å². The number of aliphatic hydroxyl groups is 1. The summed E-state index contributed by atoms with van der Waals surface area (Å²) in [6.45, 7) is 0.185. The van der Waals surface area contributed by atoms with Crippen molar-refractivity contribution in [1.29, 1.82) is 0 Å². The third-order valence-corrected chi connectivity index (χ3v) is 6.57. The van der Waals surface area contributed by atoms with Crippen molar-refractivity contribution in [3.8, 4) is 11.1 Å². The monoisotopic (exact) mass is 496 g/mol. The molecule has 0 spiro atoms. The first-order valence-corrected chi connectivity index (χ1v) is 11.5. The number of primary amides is 1. The van der Waals surface area contributed by atoms with E-state index in [9.17, 15) is 23.9 Å². The maximum absolute atomic E-state index is 14.3. The molecule has 0 radical (unpaired) electrons. The zero-order valence-corrected chi connectivity index (χ0v) is 19.2. The van der Waals surface area contributed by atoms with E-state index in [-0.39, 0.29) is 25.2 Å². The van der Waals surface area contributed by atoms with Gasteiger partial charge in [0.25, 0.3) is 5.91 Å². The van der Waals surface area contributed by atoms with Gasteiger partial charge in [0, 0.05) is 30.5 Å². The molecule has 4 atom stereocenters. The lowest BCUT2D eigenvalue weighted by Crippen LogP contribution is -2.52. The van der Waals surface area contributed by atoms with E-state index < -0.39 is 42.1 Å². The Labute approximate surface area is 204 Å². The number of nitrogens with zero attached hydrogens (tertiary/aromatic N) is 5. The van der Waals surface area contributed by atoms with Gasteiger partial charge < -0.3 is 26.4 Å². The van der Waals surface area contributed by atoms with Crippen LogP contribution in [0, 0.1) is 0 Å². The van der Waals surface area contributed by atoms with Crippen molar-refractivity contribution < 1.29 is 23.9 Å². The molecule has 2 aromatic heterocycles. The van der Waals surface area contributed by atoms with E-state index in [0.717, 1.165) is 11.1 Å². The van der Waals surface area contributed by atoms with Crippen LogP contribution >= 0.6 is 0 Å². The molecular formula is C23H25FN8O4. The van der Waals surface area contributed by atoms with Gasteiger partial charge in [0.2, 0.25) is 11.8 Å². The van der Waals surface area contributed by atoms with Gasteiger partial charge in [0.05, 0.1) is 36.6 Å². The first-order valence-electron chi connectivity index (χ1n) is 11.5. The van der Waals surface area contributed by atoms with Gasteiger partial charge in [-0.15, -0.1) is 0 Å². The van der Waals surface area contributed by atoms with E-state index >= 15 is 0 Å². The molecule has 2 aliphatic rings. The van der Waals surface area contributed by atoms with Crippen molar-refractivity contribution in [3.63, 3.8) is 0 Å².